The lowest BCUT2D eigenvalue weighted by molar-refractivity contribution is -0.160. The average molecular weight is 532 g/mol. The highest BCUT2D eigenvalue weighted by molar-refractivity contribution is 6.42. The number of ether oxygens (including phenoxy) is 1. The summed E-state index contributed by atoms with van der Waals surface area (Å²) in [6, 6.07) is 13.2. The molecular weight excluding hydrogens is 495 g/mol. The second kappa shape index (κ2) is 10.2. The quantitative estimate of drug-likeness (QED) is 0.499. The van der Waals surface area contributed by atoms with Crippen molar-refractivity contribution in [1.29, 1.82) is 0 Å². The number of likely N-dealkylation sites (tertiary alicyclic amines) is 1. The van der Waals surface area contributed by atoms with E-state index in [1.165, 1.54) is 12.8 Å². The van der Waals surface area contributed by atoms with Crippen molar-refractivity contribution >= 4 is 29.1 Å². The number of carbonyl (C=O) groups excluding carboxylic acids is 1. The minimum Gasteiger partial charge on any atom is -0.508 e. The summed E-state index contributed by atoms with van der Waals surface area (Å²) in [7, 11) is 3.76. The fourth-order valence-corrected chi connectivity index (χ4v) is 6.99. The lowest BCUT2D eigenvalue weighted by Gasteiger charge is -2.60. The molecule has 7 heteroatoms. The average Bonchev–Trinajstić information content (AvgIpc) is 3.69. The number of amides is 1. The molecule has 0 radical (unpaired) electrons. The summed E-state index contributed by atoms with van der Waals surface area (Å²) in [6.45, 7) is 3.04. The number of phenolic OH excluding ortho intramolecular Hbond substituents is 1. The van der Waals surface area contributed by atoms with Crippen LogP contribution in [0.4, 0.5) is 0 Å². The Hall–Kier alpha value is -1.79. The Labute approximate surface area is 224 Å². The van der Waals surface area contributed by atoms with Crippen LogP contribution in [0.2, 0.25) is 10.0 Å². The van der Waals surface area contributed by atoms with Gasteiger partial charge in [0.05, 0.1) is 22.1 Å². The van der Waals surface area contributed by atoms with Crippen LogP contribution < -0.4 is 0 Å². The number of piperidine rings is 1. The van der Waals surface area contributed by atoms with E-state index >= 15 is 0 Å². The Morgan fingerprint density at radius 2 is 1.94 bits per heavy atom. The maximum absolute atomic E-state index is 13.4. The van der Waals surface area contributed by atoms with Crippen molar-refractivity contribution in [3.63, 3.8) is 0 Å². The number of rotatable bonds is 7. The van der Waals surface area contributed by atoms with Crippen LogP contribution in [0.25, 0.3) is 0 Å². The fourth-order valence-electron chi connectivity index (χ4n) is 6.67. The van der Waals surface area contributed by atoms with Crippen LogP contribution in [0, 0.1) is 5.92 Å². The Bertz CT molecular complexity index is 1120. The molecule has 2 saturated carbocycles. The first-order valence-corrected chi connectivity index (χ1v) is 13.8. The monoisotopic (exact) mass is 530 g/mol. The van der Waals surface area contributed by atoms with Crippen LogP contribution in [0.15, 0.2) is 42.5 Å². The van der Waals surface area contributed by atoms with Gasteiger partial charge in [0.2, 0.25) is 5.91 Å². The molecule has 1 aliphatic heterocycles. The van der Waals surface area contributed by atoms with Crippen molar-refractivity contribution in [3.05, 3.63) is 63.6 Å². The van der Waals surface area contributed by atoms with E-state index in [9.17, 15) is 9.90 Å². The summed E-state index contributed by atoms with van der Waals surface area (Å²) in [4.78, 5) is 17.9. The third-order valence-corrected chi connectivity index (χ3v) is 9.69. The van der Waals surface area contributed by atoms with Crippen molar-refractivity contribution in [2.75, 3.05) is 33.8 Å². The molecule has 0 unspecified atom stereocenters. The lowest BCUT2D eigenvalue weighted by Crippen LogP contribution is -2.68. The number of phenols is 1. The minimum atomic E-state index is -0.349. The summed E-state index contributed by atoms with van der Waals surface area (Å²) in [5.41, 5.74) is 1.35. The summed E-state index contributed by atoms with van der Waals surface area (Å²) >= 11 is 12.2. The summed E-state index contributed by atoms with van der Waals surface area (Å²) in [5.74, 6) is 1.17. The van der Waals surface area contributed by atoms with Crippen LogP contribution in [0.3, 0.4) is 0 Å². The third kappa shape index (κ3) is 4.88. The largest absolute Gasteiger partial charge is 0.508 e. The molecule has 36 heavy (non-hydrogen) atoms. The van der Waals surface area contributed by atoms with Crippen molar-refractivity contribution in [2.45, 2.75) is 62.0 Å². The number of hydrogen-bond donors (Lipinski definition) is 1. The number of nitrogens with zero attached hydrogens (tertiary/aromatic N) is 2. The molecule has 5 rings (SSSR count). The molecule has 0 aromatic heterocycles. The molecule has 3 aliphatic rings. The SMILES string of the molecule is CO[C@]12CC[C@@H](N(C)C(=O)Cc3ccc(Cl)c(Cl)c3)C[C@]1(c1cccc(O)c1)CCN(CC1CC1)C2. The van der Waals surface area contributed by atoms with Crippen molar-refractivity contribution in [3.8, 4) is 5.75 Å². The highest BCUT2D eigenvalue weighted by Gasteiger charge is 2.59. The number of fused-ring (bicyclic) bond motifs is 1. The van der Waals surface area contributed by atoms with Crippen molar-refractivity contribution in [2.24, 2.45) is 5.92 Å². The zero-order valence-electron chi connectivity index (χ0n) is 21.2. The van der Waals surface area contributed by atoms with Gasteiger partial charge in [0.25, 0.3) is 0 Å². The highest BCUT2D eigenvalue weighted by Crippen LogP contribution is 2.54. The van der Waals surface area contributed by atoms with E-state index in [1.807, 2.05) is 37.3 Å². The predicted molar refractivity (Wildman–Crippen MR) is 144 cm³/mol. The number of likely N-dealkylation sites (N-methyl/N-ethyl adjacent to an activating group) is 1. The van der Waals surface area contributed by atoms with Gasteiger partial charge < -0.3 is 19.6 Å². The van der Waals surface area contributed by atoms with Crippen LogP contribution in [0.1, 0.15) is 49.7 Å². The fraction of sp³-hybridized carbons (Fsp3) is 0.552. The van der Waals surface area contributed by atoms with Crippen LogP contribution in [-0.4, -0.2) is 66.2 Å². The first-order valence-electron chi connectivity index (χ1n) is 13.0. The first-order chi connectivity index (χ1) is 17.2. The van der Waals surface area contributed by atoms with E-state index in [-0.39, 0.29) is 35.1 Å². The first kappa shape index (κ1) is 25.8. The van der Waals surface area contributed by atoms with Gasteiger partial charge in [-0.05, 0) is 86.4 Å². The van der Waals surface area contributed by atoms with Gasteiger partial charge in [0.15, 0.2) is 0 Å². The Morgan fingerprint density at radius 1 is 1.14 bits per heavy atom. The van der Waals surface area contributed by atoms with Gasteiger partial charge in [-0.15, -0.1) is 0 Å². The number of methoxy groups -OCH3 is 1. The Kier molecular flexibility index (Phi) is 7.30. The molecule has 3 atom stereocenters. The van der Waals surface area contributed by atoms with E-state index in [0.29, 0.717) is 10.0 Å². The standard InChI is InChI=1S/C29H36Cl2N2O3/c1-32(27(35)15-21-8-9-25(30)26(31)14-21)23-10-11-29(36-2)19-33(18-20-6-7-20)13-12-28(29,17-23)22-4-3-5-24(34)16-22/h3-5,8-9,14,16,20,23,34H,6-7,10-13,15,17-19H2,1-2H3/t23-,28+,29+/m1/s1. The van der Waals surface area contributed by atoms with E-state index in [0.717, 1.165) is 62.4 Å². The molecule has 2 aromatic rings. The molecule has 1 saturated heterocycles. The topological polar surface area (TPSA) is 53.0 Å². The van der Waals surface area contributed by atoms with E-state index in [4.69, 9.17) is 27.9 Å². The van der Waals surface area contributed by atoms with Crippen LogP contribution in [0.5, 0.6) is 5.75 Å². The van der Waals surface area contributed by atoms with Gasteiger partial charge in [-0.1, -0.05) is 41.4 Å². The van der Waals surface area contributed by atoms with E-state index < -0.39 is 0 Å². The number of benzene rings is 2. The van der Waals surface area contributed by atoms with Crippen molar-refractivity contribution < 1.29 is 14.6 Å². The van der Waals surface area contributed by atoms with E-state index in [1.54, 1.807) is 18.2 Å². The smallest absolute Gasteiger partial charge is 0.226 e. The molecular formula is C29H36Cl2N2O3. The molecule has 0 spiro atoms. The Balaban J connectivity index is 1.41. The van der Waals surface area contributed by atoms with Gasteiger partial charge in [-0.2, -0.15) is 0 Å². The summed E-state index contributed by atoms with van der Waals surface area (Å²) < 4.78 is 6.47. The molecule has 1 N–H and O–H groups in total. The minimum absolute atomic E-state index is 0.0699. The molecule has 1 heterocycles. The van der Waals surface area contributed by atoms with E-state index in [2.05, 4.69) is 11.0 Å². The third-order valence-electron chi connectivity index (χ3n) is 8.95. The van der Waals surface area contributed by atoms with Crippen LogP contribution in [-0.2, 0) is 21.4 Å². The van der Waals surface area contributed by atoms with Gasteiger partial charge >= 0.3 is 0 Å². The second-order valence-electron chi connectivity index (χ2n) is 11.1. The maximum atomic E-state index is 13.4. The second-order valence-corrected chi connectivity index (χ2v) is 11.9. The number of aromatic hydroxyl groups is 1. The van der Waals surface area contributed by atoms with Gasteiger partial charge in [0.1, 0.15) is 5.75 Å². The van der Waals surface area contributed by atoms with Crippen LogP contribution >= 0.6 is 23.2 Å². The van der Waals surface area contributed by atoms with Gasteiger partial charge in [0, 0.05) is 38.7 Å². The molecule has 194 valence electrons. The molecule has 0 bridgehead atoms. The number of halogens is 2. The number of hydrogen-bond acceptors (Lipinski definition) is 4. The zero-order chi connectivity index (χ0) is 25.5. The molecule has 5 nitrogen and oxygen atoms in total. The van der Waals surface area contributed by atoms with Gasteiger partial charge in [-0.3, -0.25) is 4.79 Å². The predicted octanol–water partition coefficient (Wildman–Crippen LogP) is 5.69. The highest BCUT2D eigenvalue weighted by atomic mass is 35.5. The molecule has 2 aliphatic carbocycles. The molecule has 1 amide bonds. The lowest BCUT2D eigenvalue weighted by atomic mass is 9.55. The zero-order valence-corrected chi connectivity index (χ0v) is 22.7. The molecule has 2 aromatic carbocycles. The normalized spacial score (nSPS) is 28.5. The number of carbonyl (C=O) groups is 1. The summed E-state index contributed by atoms with van der Waals surface area (Å²) in [6.07, 6.45) is 6.47. The van der Waals surface area contributed by atoms with Gasteiger partial charge in [-0.25, -0.2) is 0 Å². The Morgan fingerprint density at radius 3 is 2.64 bits per heavy atom. The summed E-state index contributed by atoms with van der Waals surface area (Å²) in [5, 5.41) is 11.4. The maximum Gasteiger partial charge on any atom is 0.226 e. The van der Waals surface area contributed by atoms with Crippen molar-refractivity contribution in [1.82, 2.24) is 9.80 Å². The molecule has 3 fully saturated rings.